The van der Waals surface area contributed by atoms with Crippen LogP contribution in [0.3, 0.4) is 0 Å². The summed E-state index contributed by atoms with van der Waals surface area (Å²) in [5.41, 5.74) is 0. The Balaban J connectivity index is 2.28. The lowest BCUT2D eigenvalue weighted by Crippen LogP contribution is -2.29. The van der Waals surface area contributed by atoms with Crippen molar-refractivity contribution >= 4 is 5.91 Å². The molecule has 1 rings (SSSR count). The number of para-hydroxylation sites is 1. The molecule has 0 saturated carbocycles. The second-order valence-corrected chi connectivity index (χ2v) is 3.24. The Hall–Kier alpha value is -1.97. The number of hydrogen-bond donors (Lipinski definition) is 1. The van der Waals surface area contributed by atoms with Crippen LogP contribution >= 0.6 is 0 Å². The summed E-state index contributed by atoms with van der Waals surface area (Å²) in [6.45, 7) is 0.892. The van der Waals surface area contributed by atoms with Crippen molar-refractivity contribution in [2.45, 2.75) is 0 Å². The van der Waals surface area contributed by atoms with Gasteiger partial charge in [-0.15, -0.1) is 0 Å². The minimum absolute atomic E-state index is 0.251. The van der Waals surface area contributed by atoms with Crippen molar-refractivity contribution in [3.63, 3.8) is 0 Å². The lowest BCUT2D eigenvalue weighted by atomic mass is 10.3. The lowest BCUT2D eigenvalue weighted by molar-refractivity contribution is -0.125. The van der Waals surface area contributed by atoms with Crippen LogP contribution in [0, 0.1) is 0 Å². The molecule has 1 aromatic carbocycles. The fourth-order valence-electron chi connectivity index (χ4n) is 1.12. The van der Waals surface area contributed by atoms with Gasteiger partial charge in [0.2, 0.25) is 5.91 Å². The van der Waals surface area contributed by atoms with Gasteiger partial charge in [0.05, 0.1) is 12.8 Å². The highest BCUT2D eigenvalue weighted by Crippen LogP contribution is 2.07. The molecule has 1 amide bonds. The predicted molar refractivity (Wildman–Crippen MR) is 61.3 cm³/mol. The molecule has 0 bridgehead atoms. The number of carbonyl (C=O) groups is 1. The van der Waals surface area contributed by atoms with Gasteiger partial charge in [-0.3, -0.25) is 4.79 Å². The van der Waals surface area contributed by atoms with E-state index in [1.54, 1.807) is 7.05 Å². The number of rotatable bonds is 5. The molecule has 0 aliphatic rings. The molecule has 86 valence electrons. The highest BCUT2D eigenvalue weighted by molar-refractivity contribution is 5.87. The third-order valence-corrected chi connectivity index (χ3v) is 2.03. The van der Waals surface area contributed by atoms with Gasteiger partial charge in [-0.25, -0.2) is 0 Å². The van der Waals surface area contributed by atoms with E-state index in [1.807, 2.05) is 30.3 Å². The van der Waals surface area contributed by atoms with Gasteiger partial charge in [0.1, 0.15) is 12.4 Å². The molecule has 0 aliphatic carbocycles. The summed E-state index contributed by atoms with van der Waals surface area (Å²) in [4.78, 5) is 12.7. The van der Waals surface area contributed by atoms with E-state index in [2.05, 4.69) is 0 Å². The van der Waals surface area contributed by atoms with Gasteiger partial charge in [-0.05, 0) is 12.1 Å². The maximum Gasteiger partial charge on any atom is 0.249 e. The molecule has 0 radical (unpaired) electrons. The smallest absolute Gasteiger partial charge is 0.249 e. The zero-order valence-corrected chi connectivity index (χ0v) is 9.17. The molecule has 0 aliphatic heterocycles. The Labute approximate surface area is 94.8 Å². The van der Waals surface area contributed by atoms with E-state index in [9.17, 15) is 4.79 Å². The fraction of sp³-hybridized carbons (Fsp3) is 0.250. The third-order valence-electron chi connectivity index (χ3n) is 2.03. The quantitative estimate of drug-likeness (QED) is 0.607. The van der Waals surface area contributed by atoms with Crippen molar-refractivity contribution in [2.75, 3.05) is 20.2 Å². The molecule has 16 heavy (non-hydrogen) atoms. The number of hydrogen-bond acceptors (Lipinski definition) is 3. The molecule has 1 aromatic rings. The predicted octanol–water partition coefficient (Wildman–Crippen LogP) is 1.60. The zero-order valence-electron chi connectivity index (χ0n) is 9.17. The van der Waals surface area contributed by atoms with Gasteiger partial charge in [0.25, 0.3) is 0 Å². The SMILES string of the molecule is CN(CCOc1ccccc1)C(=O)/C=C/O. The average Bonchev–Trinajstić information content (AvgIpc) is 2.30. The fourth-order valence-corrected chi connectivity index (χ4v) is 1.12. The number of benzene rings is 1. The van der Waals surface area contributed by atoms with E-state index in [0.29, 0.717) is 13.2 Å². The van der Waals surface area contributed by atoms with Crippen LogP contribution in [0.25, 0.3) is 0 Å². The molecule has 0 aromatic heterocycles. The topological polar surface area (TPSA) is 49.8 Å². The van der Waals surface area contributed by atoms with Crippen molar-refractivity contribution in [3.8, 4) is 5.75 Å². The van der Waals surface area contributed by atoms with Crippen LogP contribution < -0.4 is 4.74 Å². The molecule has 4 heteroatoms. The van der Waals surface area contributed by atoms with E-state index < -0.39 is 0 Å². The second-order valence-electron chi connectivity index (χ2n) is 3.24. The van der Waals surface area contributed by atoms with E-state index in [0.717, 1.165) is 18.1 Å². The minimum Gasteiger partial charge on any atom is -0.515 e. The third kappa shape index (κ3) is 4.04. The Kier molecular flexibility index (Phi) is 4.92. The molecular formula is C12H15NO3. The summed E-state index contributed by atoms with van der Waals surface area (Å²) in [5.74, 6) is 0.528. The number of carbonyl (C=O) groups excluding carboxylic acids is 1. The summed E-state index contributed by atoms with van der Waals surface area (Å²) in [6.07, 6.45) is 1.83. The zero-order chi connectivity index (χ0) is 11.8. The van der Waals surface area contributed by atoms with Crippen LogP contribution in [0.15, 0.2) is 42.7 Å². The molecule has 0 atom stereocenters. The number of ether oxygens (including phenoxy) is 1. The van der Waals surface area contributed by atoms with Crippen LogP contribution in [0.5, 0.6) is 5.75 Å². The van der Waals surface area contributed by atoms with E-state index in [4.69, 9.17) is 9.84 Å². The first-order valence-electron chi connectivity index (χ1n) is 4.97. The van der Waals surface area contributed by atoms with Crippen molar-refractivity contribution in [3.05, 3.63) is 42.7 Å². The van der Waals surface area contributed by atoms with E-state index in [-0.39, 0.29) is 5.91 Å². The highest BCUT2D eigenvalue weighted by Gasteiger charge is 2.04. The Bertz CT molecular complexity index is 349. The van der Waals surface area contributed by atoms with Gasteiger partial charge >= 0.3 is 0 Å². The van der Waals surface area contributed by atoms with Crippen molar-refractivity contribution in [2.24, 2.45) is 0 Å². The first-order chi connectivity index (χ1) is 7.74. The van der Waals surface area contributed by atoms with Gasteiger partial charge in [0, 0.05) is 13.1 Å². The Morgan fingerprint density at radius 1 is 1.44 bits per heavy atom. The van der Waals surface area contributed by atoms with Gasteiger partial charge in [-0.1, -0.05) is 18.2 Å². The molecule has 0 spiro atoms. The number of aliphatic hydroxyl groups excluding tert-OH is 1. The maximum atomic E-state index is 11.2. The maximum absolute atomic E-state index is 11.2. The second kappa shape index (κ2) is 6.50. The van der Waals surface area contributed by atoms with Crippen LogP contribution in [0.2, 0.25) is 0 Å². The molecule has 0 saturated heterocycles. The van der Waals surface area contributed by atoms with Gasteiger partial charge < -0.3 is 14.7 Å². The van der Waals surface area contributed by atoms with E-state index in [1.165, 1.54) is 4.90 Å². The normalized spacial score (nSPS) is 10.3. The largest absolute Gasteiger partial charge is 0.515 e. The number of amides is 1. The van der Waals surface area contributed by atoms with E-state index >= 15 is 0 Å². The lowest BCUT2D eigenvalue weighted by Gasteiger charge is -2.15. The minimum atomic E-state index is -0.251. The molecule has 1 N–H and O–H groups in total. The standard InChI is InChI=1S/C12H15NO3/c1-13(12(15)7-9-14)8-10-16-11-5-3-2-4-6-11/h2-7,9,14H,8,10H2,1H3/b9-7+. The summed E-state index contributed by atoms with van der Waals surface area (Å²) < 4.78 is 5.42. The molecule has 4 nitrogen and oxygen atoms in total. The molecule has 0 unspecified atom stereocenters. The van der Waals surface area contributed by atoms with Gasteiger partial charge in [-0.2, -0.15) is 0 Å². The molecular weight excluding hydrogens is 206 g/mol. The van der Waals surface area contributed by atoms with Crippen LogP contribution in [0.1, 0.15) is 0 Å². The van der Waals surface area contributed by atoms with Crippen molar-refractivity contribution in [1.29, 1.82) is 0 Å². The number of aliphatic hydroxyl groups is 1. The Morgan fingerprint density at radius 3 is 2.75 bits per heavy atom. The highest BCUT2D eigenvalue weighted by atomic mass is 16.5. The summed E-state index contributed by atoms with van der Waals surface area (Å²) >= 11 is 0. The summed E-state index contributed by atoms with van der Waals surface area (Å²) in [6, 6.07) is 9.40. The van der Waals surface area contributed by atoms with Crippen LogP contribution in [0.4, 0.5) is 0 Å². The number of likely N-dealkylation sites (N-methyl/N-ethyl adjacent to an activating group) is 1. The van der Waals surface area contributed by atoms with Crippen LogP contribution in [-0.4, -0.2) is 36.1 Å². The van der Waals surface area contributed by atoms with Gasteiger partial charge in [0.15, 0.2) is 0 Å². The molecule has 0 heterocycles. The monoisotopic (exact) mass is 221 g/mol. The van der Waals surface area contributed by atoms with Crippen molar-refractivity contribution < 1.29 is 14.6 Å². The summed E-state index contributed by atoms with van der Waals surface area (Å²) in [7, 11) is 1.65. The first-order valence-corrected chi connectivity index (χ1v) is 4.97. The van der Waals surface area contributed by atoms with Crippen LogP contribution in [-0.2, 0) is 4.79 Å². The van der Waals surface area contributed by atoms with Crippen molar-refractivity contribution in [1.82, 2.24) is 4.90 Å². The first kappa shape index (κ1) is 12.1. The summed E-state index contributed by atoms with van der Waals surface area (Å²) in [5, 5.41) is 8.43. The average molecular weight is 221 g/mol. The molecule has 0 fully saturated rings. The Morgan fingerprint density at radius 2 is 2.12 bits per heavy atom. The number of nitrogens with zero attached hydrogens (tertiary/aromatic N) is 1.